The highest BCUT2D eigenvalue weighted by Crippen LogP contribution is 2.18. The van der Waals surface area contributed by atoms with E-state index in [4.69, 9.17) is 5.11 Å². The number of carbonyl (C=O) groups is 1. The number of phenolic OH excluding ortho intramolecular Hbond substituents is 1. The summed E-state index contributed by atoms with van der Waals surface area (Å²) in [6, 6.07) is 3.38. The molecule has 0 spiro atoms. The number of nitrogens with zero attached hydrogens (tertiary/aromatic N) is 2. The molecule has 0 fully saturated rings. The fraction of sp³-hybridized carbons (Fsp3) is 0.167. The van der Waals surface area contributed by atoms with Gasteiger partial charge in [0.05, 0.1) is 16.9 Å². The molecule has 0 aliphatic heterocycles. The summed E-state index contributed by atoms with van der Waals surface area (Å²) in [7, 11) is 1.73. The Morgan fingerprint density at radius 2 is 2.22 bits per heavy atom. The number of carbonyl (C=O) groups excluding carboxylic acids is 1. The molecule has 6 heteroatoms. The topological polar surface area (TPSA) is 67.2 Å². The van der Waals surface area contributed by atoms with E-state index in [9.17, 15) is 9.18 Å². The zero-order chi connectivity index (χ0) is 13.3. The molecule has 1 aromatic heterocycles. The van der Waals surface area contributed by atoms with Crippen molar-refractivity contribution in [3.63, 3.8) is 0 Å². The molecule has 0 aliphatic rings. The van der Waals surface area contributed by atoms with Crippen molar-refractivity contribution in [2.45, 2.75) is 6.92 Å². The fourth-order valence-corrected chi connectivity index (χ4v) is 1.60. The minimum Gasteiger partial charge on any atom is -0.508 e. The summed E-state index contributed by atoms with van der Waals surface area (Å²) < 4.78 is 15.0. The third-order valence-corrected chi connectivity index (χ3v) is 2.46. The van der Waals surface area contributed by atoms with Gasteiger partial charge in [-0.25, -0.2) is 4.39 Å². The van der Waals surface area contributed by atoms with Crippen LogP contribution in [0.1, 0.15) is 16.1 Å². The van der Waals surface area contributed by atoms with Crippen molar-refractivity contribution in [2.24, 2.45) is 7.05 Å². The van der Waals surface area contributed by atoms with Crippen molar-refractivity contribution in [1.82, 2.24) is 9.78 Å². The summed E-state index contributed by atoms with van der Waals surface area (Å²) in [4.78, 5) is 11.8. The summed E-state index contributed by atoms with van der Waals surface area (Å²) >= 11 is 0. The fourth-order valence-electron chi connectivity index (χ4n) is 1.60. The first-order valence-corrected chi connectivity index (χ1v) is 5.27. The molecule has 0 bridgehead atoms. The number of hydrogen-bond acceptors (Lipinski definition) is 3. The van der Waals surface area contributed by atoms with Crippen molar-refractivity contribution in [3.8, 4) is 5.75 Å². The molecule has 2 rings (SSSR count). The monoisotopic (exact) mass is 249 g/mol. The van der Waals surface area contributed by atoms with Crippen molar-refractivity contribution < 1.29 is 14.3 Å². The normalized spacial score (nSPS) is 10.4. The molecule has 5 nitrogen and oxygen atoms in total. The van der Waals surface area contributed by atoms with Gasteiger partial charge >= 0.3 is 0 Å². The van der Waals surface area contributed by atoms with Crippen LogP contribution >= 0.6 is 0 Å². The van der Waals surface area contributed by atoms with Crippen LogP contribution in [0.25, 0.3) is 0 Å². The van der Waals surface area contributed by atoms with Crippen LogP contribution in [0.4, 0.5) is 10.1 Å². The molecule has 0 saturated heterocycles. The molecule has 0 radical (unpaired) electrons. The standard InChI is InChI=1S/C12H12FN3O2/c1-7-11(6-16(2)15-7)14-12(18)9-4-3-8(17)5-10(9)13/h3-6,17H,1-2H3,(H,14,18). The summed E-state index contributed by atoms with van der Waals surface area (Å²) in [6.45, 7) is 1.74. The second-order valence-electron chi connectivity index (χ2n) is 3.92. The van der Waals surface area contributed by atoms with E-state index in [2.05, 4.69) is 10.4 Å². The van der Waals surface area contributed by atoms with Gasteiger partial charge in [-0.05, 0) is 19.1 Å². The average molecular weight is 249 g/mol. The highest BCUT2D eigenvalue weighted by molar-refractivity contribution is 6.04. The first kappa shape index (κ1) is 12.1. The predicted molar refractivity (Wildman–Crippen MR) is 64.0 cm³/mol. The number of anilines is 1. The number of rotatable bonds is 2. The van der Waals surface area contributed by atoms with Gasteiger partial charge in [0.1, 0.15) is 11.6 Å². The number of amides is 1. The van der Waals surface area contributed by atoms with Gasteiger partial charge in [-0.3, -0.25) is 9.48 Å². The van der Waals surface area contributed by atoms with Gasteiger partial charge in [0.25, 0.3) is 5.91 Å². The zero-order valence-corrected chi connectivity index (χ0v) is 9.94. The maximum atomic E-state index is 13.5. The summed E-state index contributed by atoms with van der Waals surface area (Å²) in [6.07, 6.45) is 1.63. The van der Waals surface area contributed by atoms with Crippen molar-refractivity contribution in [2.75, 3.05) is 5.32 Å². The van der Waals surface area contributed by atoms with E-state index in [1.165, 1.54) is 12.1 Å². The molecule has 0 saturated carbocycles. The van der Waals surface area contributed by atoms with E-state index in [1.807, 2.05) is 0 Å². The molecular weight excluding hydrogens is 237 g/mol. The number of phenols is 1. The largest absolute Gasteiger partial charge is 0.508 e. The van der Waals surface area contributed by atoms with Gasteiger partial charge in [0.2, 0.25) is 0 Å². The second kappa shape index (κ2) is 4.48. The Morgan fingerprint density at radius 3 is 2.78 bits per heavy atom. The Kier molecular flexibility index (Phi) is 3.01. The Balaban J connectivity index is 2.24. The van der Waals surface area contributed by atoms with Crippen LogP contribution in [-0.2, 0) is 7.05 Å². The van der Waals surface area contributed by atoms with Crippen LogP contribution in [0.2, 0.25) is 0 Å². The Hall–Kier alpha value is -2.37. The number of nitrogens with one attached hydrogen (secondary N) is 1. The van der Waals surface area contributed by atoms with Gasteiger partial charge in [-0.1, -0.05) is 0 Å². The maximum absolute atomic E-state index is 13.5. The molecule has 0 unspecified atom stereocenters. The lowest BCUT2D eigenvalue weighted by atomic mass is 10.2. The van der Waals surface area contributed by atoms with E-state index in [0.29, 0.717) is 11.4 Å². The van der Waals surface area contributed by atoms with Gasteiger partial charge in [0, 0.05) is 19.3 Å². The van der Waals surface area contributed by atoms with Crippen LogP contribution in [0.5, 0.6) is 5.75 Å². The first-order valence-electron chi connectivity index (χ1n) is 5.27. The number of aromatic hydroxyl groups is 1. The quantitative estimate of drug-likeness (QED) is 0.853. The molecule has 94 valence electrons. The van der Waals surface area contributed by atoms with Crippen LogP contribution in [-0.4, -0.2) is 20.8 Å². The summed E-state index contributed by atoms with van der Waals surface area (Å²) in [5.41, 5.74) is 1.04. The third-order valence-electron chi connectivity index (χ3n) is 2.46. The molecule has 2 N–H and O–H groups in total. The zero-order valence-electron chi connectivity index (χ0n) is 9.94. The van der Waals surface area contributed by atoms with Gasteiger partial charge in [0.15, 0.2) is 0 Å². The molecule has 2 aromatic rings. The lowest BCUT2D eigenvalue weighted by molar-refractivity contribution is 0.102. The molecule has 18 heavy (non-hydrogen) atoms. The van der Waals surface area contributed by atoms with E-state index in [-0.39, 0.29) is 11.3 Å². The summed E-state index contributed by atoms with van der Waals surface area (Å²) in [5.74, 6) is -1.57. The number of halogens is 1. The van der Waals surface area contributed by atoms with Gasteiger partial charge in [-0.2, -0.15) is 5.10 Å². The van der Waals surface area contributed by atoms with Crippen molar-refractivity contribution in [3.05, 3.63) is 41.5 Å². The van der Waals surface area contributed by atoms with Crippen molar-refractivity contribution >= 4 is 11.6 Å². The van der Waals surface area contributed by atoms with Crippen LogP contribution in [0, 0.1) is 12.7 Å². The first-order chi connectivity index (χ1) is 8.47. The highest BCUT2D eigenvalue weighted by Gasteiger charge is 2.14. The van der Waals surface area contributed by atoms with Crippen LogP contribution in [0.3, 0.4) is 0 Å². The molecule has 1 heterocycles. The predicted octanol–water partition coefficient (Wildman–Crippen LogP) is 1.83. The number of hydrogen-bond donors (Lipinski definition) is 2. The number of benzene rings is 1. The molecule has 1 amide bonds. The molecular formula is C12H12FN3O2. The molecule has 0 aliphatic carbocycles. The third kappa shape index (κ3) is 2.32. The Labute approximate surface area is 103 Å². The highest BCUT2D eigenvalue weighted by atomic mass is 19.1. The van der Waals surface area contributed by atoms with E-state index >= 15 is 0 Å². The average Bonchev–Trinajstić information content (AvgIpc) is 2.57. The lowest BCUT2D eigenvalue weighted by Crippen LogP contribution is -2.13. The minimum atomic E-state index is -0.769. The molecule has 1 aromatic carbocycles. The molecule has 0 atom stereocenters. The Bertz CT molecular complexity index is 607. The SMILES string of the molecule is Cc1nn(C)cc1NC(=O)c1ccc(O)cc1F. The van der Waals surface area contributed by atoms with Gasteiger partial charge < -0.3 is 10.4 Å². The Morgan fingerprint density at radius 1 is 1.50 bits per heavy atom. The second-order valence-corrected chi connectivity index (χ2v) is 3.92. The maximum Gasteiger partial charge on any atom is 0.258 e. The van der Waals surface area contributed by atoms with Crippen molar-refractivity contribution in [1.29, 1.82) is 0 Å². The lowest BCUT2D eigenvalue weighted by Gasteiger charge is -2.05. The van der Waals surface area contributed by atoms with Crippen LogP contribution in [0.15, 0.2) is 24.4 Å². The minimum absolute atomic E-state index is 0.129. The van der Waals surface area contributed by atoms with Gasteiger partial charge in [-0.15, -0.1) is 0 Å². The number of aromatic nitrogens is 2. The summed E-state index contributed by atoms with van der Waals surface area (Å²) in [5, 5.41) is 15.7. The van der Waals surface area contributed by atoms with E-state index < -0.39 is 11.7 Å². The van der Waals surface area contributed by atoms with E-state index in [1.54, 1.807) is 24.9 Å². The smallest absolute Gasteiger partial charge is 0.258 e. The van der Waals surface area contributed by atoms with Crippen LogP contribution < -0.4 is 5.32 Å². The van der Waals surface area contributed by atoms with E-state index in [0.717, 1.165) is 6.07 Å². The number of aryl methyl sites for hydroxylation is 2.